The van der Waals surface area contributed by atoms with Crippen LogP contribution >= 0.6 is 38.5 Å². The first-order valence-electron chi connectivity index (χ1n) is 6.41. The molecular weight excluding hydrogens is 441 g/mol. The monoisotopic (exact) mass is 453 g/mol. The van der Waals surface area contributed by atoms with Crippen molar-refractivity contribution in [2.45, 2.75) is 0 Å². The molecule has 0 aliphatic carbocycles. The smallest absolute Gasteiger partial charge is 0.129 e. The lowest BCUT2D eigenvalue weighted by molar-refractivity contribution is 0.782. The maximum Gasteiger partial charge on any atom is 0.129 e. The van der Waals surface area contributed by atoms with Gasteiger partial charge in [0, 0.05) is 26.2 Å². The molecule has 3 aromatic rings. The number of nitrogen functional groups attached to an aromatic ring is 1. The highest BCUT2D eigenvalue weighted by Crippen LogP contribution is 2.39. The van der Waals surface area contributed by atoms with Gasteiger partial charge in [0.15, 0.2) is 0 Å². The summed E-state index contributed by atoms with van der Waals surface area (Å²) in [7, 11) is 1.87. The highest BCUT2D eigenvalue weighted by atomic mass is 127. The van der Waals surface area contributed by atoms with E-state index < -0.39 is 0 Å². The third-order valence-corrected chi connectivity index (χ3v) is 4.76. The van der Waals surface area contributed by atoms with Crippen LogP contribution in [0.25, 0.3) is 22.4 Å². The van der Waals surface area contributed by atoms with Gasteiger partial charge in [0.25, 0.3) is 0 Å². The Morgan fingerprint density at radius 1 is 1.10 bits per heavy atom. The van der Waals surface area contributed by atoms with Crippen LogP contribution in [0.1, 0.15) is 0 Å². The molecule has 3 nitrogen and oxygen atoms in total. The van der Waals surface area contributed by atoms with Gasteiger partial charge in [-0.1, -0.05) is 46.3 Å². The SMILES string of the molecule is Cn1nc(-c2ccc(I)cc2)c(-c2ccccc2Br)c1N. The minimum absolute atomic E-state index is 0.662. The second-order valence-corrected chi connectivity index (χ2v) is 6.82. The summed E-state index contributed by atoms with van der Waals surface area (Å²) in [6.07, 6.45) is 0. The van der Waals surface area contributed by atoms with E-state index in [1.54, 1.807) is 4.68 Å². The molecule has 1 heterocycles. The number of rotatable bonds is 2. The molecule has 2 aromatic carbocycles. The largest absolute Gasteiger partial charge is 0.383 e. The summed E-state index contributed by atoms with van der Waals surface area (Å²) in [6.45, 7) is 0. The van der Waals surface area contributed by atoms with Crippen LogP contribution < -0.4 is 5.73 Å². The zero-order valence-corrected chi connectivity index (χ0v) is 15.1. The lowest BCUT2D eigenvalue weighted by Gasteiger charge is -2.07. The van der Waals surface area contributed by atoms with E-state index in [2.05, 4.69) is 67.9 Å². The van der Waals surface area contributed by atoms with Gasteiger partial charge in [-0.25, -0.2) is 0 Å². The Bertz CT molecular complexity index is 794. The van der Waals surface area contributed by atoms with Gasteiger partial charge in [0.2, 0.25) is 0 Å². The summed E-state index contributed by atoms with van der Waals surface area (Å²) >= 11 is 5.90. The number of halogens is 2. The van der Waals surface area contributed by atoms with Gasteiger partial charge in [0.05, 0.1) is 5.56 Å². The van der Waals surface area contributed by atoms with E-state index in [0.29, 0.717) is 5.82 Å². The molecule has 106 valence electrons. The molecule has 0 spiro atoms. The van der Waals surface area contributed by atoms with Gasteiger partial charge >= 0.3 is 0 Å². The van der Waals surface area contributed by atoms with Gasteiger partial charge < -0.3 is 5.73 Å². The maximum absolute atomic E-state index is 6.25. The number of aryl methyl sites for hydroxylation is 1. The van der Waals surface area contributed by atoms with Crippen molar-refractivity contribution in [1.82, 2.24) is 9.78 Å². The van der Waals surface area contributed by atoms with Crippen LogP contribution in [0.2, 0.25) is 0 Å². The molecule has 5 heteroatoms. The Kier molecular flexibility index (Phi) is 4.03. The number of benzene rings is 2. The van der Waals surface area contributed by atoms with Gasteiger partial charge in [-0.15, -0.1) is 0 Å². The third kappa shape index (κ3) is 2.72. The second kappa shape index (κ2) is 5.81. The maximum atomic E-state index is 6.25. The molecule has 0 aliphatic rings. The summed E-state index contributed by atoms with van der Waals surface area (Å²) in [5.41, 5.74) is 10.2. The van der Waals surface area contributed by atoms with Crippen molar-refractivity contribution in [2.75, 3.05) is 5.73 Å². The van der Waals surface area contributed by atoms with Crippen LogP contribution in [0, 0.1) is 3.57 Å². The first-order chi connectivity index (χ1) is 10.1. The quantitative estimate of drug-likeness (QED) is 0.571. The van der Waals surface area contributed by atoms with E-state index >= 15 is 0 Å². The highest BCUT2D eigenvalue weighted by molar-refractivity contribution is 14.1. The summed E-state index contributed by atoms with van der Waals surface area (Å²) in [6, 6.07) is 16.4. The zero-order valence-electron chi connectivity index (χ0n) is 11.3. The lowest BCUT2D eigenvalue weighted by atomic mass is 10.0. The Morgan fingerprint density at radius 2 is 1.76 bits per heavy atom. The van der Waals surface area contributed by atoms with E-state index in [0.717, 1.165) is 26.9 Å². The van der Waals surface area contributed by atoms with Crippen molar-refractivity contribution in [1.29, 1.82) is 0 Å². The topological polar surface area (TPSA) is 43.8 Å². The predicted molar refractivity (Wildman–Crippen MR) is 98.9 cm³/mol. The Labute approximate surface area is 145 Å². The minimum Gasteiger partial charge on any atom is -0.383 e. The van der Waals surface area contributed by atoms with E-state index in [1.807, 2.05) is 31.3 Å². The van der Waals surface area contributed by atoms with Crippen molar-refractivity contribution >= 4 is 44.3 Å². The molecule has 0 radical (unpaired) electrons. The minimum atomic E-state index is 0.662. The first kappa shape index (κ1) is 14.6. The highest BCUT2D eigenvalue weighted by Gasteiger charge is 2.18. The predicted octanol–water partition coefficient (Wildman–Crippen LogP) is 4.70. The molecule has 3 rings (SSSR count). The van der Waals surface area contributed by atoms with Crippen molar-refractivity contribution in [3.8, 4) is 22.4 Å². The fourth-order valence-electron chi connectivity index (χ4n) is 2.28. The van der Waals surface area contributed by atoms with Gasteiger partial charge in [0.1, 0.15) is 11.5 Å². The molecule has 0 atom stereocenters. The Balaban J connectivity index is 2.26. The zero-order chi connectivity index (χ0) is 15.0. The van der Waals surface area contributed by atoms with Crippen LogP contribution in [0.15, 0.2) is 53.0 Å². The number of nitrogens with two attached hydrogens (primary N) is 1. The average molecular weight is 454 g/mol. The number of hydrogen-bond donors (Lipinski definition) is 1. The fraction of sp³-hybridized carbons (Fsp3) is 0.0625. The van der Waals surface area contributed by atoms with Crippen molar-refractivity contribution in [2.24, 2.45) is 7.05 Å². The lowest BCUT2D eigenvalue weighted by Crippen LogP contribution is -1.98. The molecule has 0 aliphatic heterocycles. The molecule has 0 unspecified atom stereocenters. The van der Waals surface area contributed by atoms with Crippen LogP contribution in [0.3, 0.4) is 0 Å². The number of anilines is 1. The summed E-state index contributed by atoms with van der Waals surface area (Å²) in [4.78, 5) is 0. The van der Waals surface area contributed by atoms with Crippen molar-refractivity contribution in [3.05, 3.63) is 56.6 Å². The average Bonchev–Trinajstić information content (AvgIpc) is 2.77. The summed E-state index contributed by atoms with van der Waals surface area (Å²) in [5, 5.41) is 4.60. The van der Waals surface area contributed by atoms with Gasteiger partial charge in [-0.2, -0.15) is 5.10 Å². The van der Waals surface area contributed by atoms with Crippen LogP contribution in [0.5, 0.6) is 0 Å². The van der Waals surface area contributed by atoms with E-state index in [4.69, 9.17) is 5.73 Å². The van der Waals surface area contributed by atoms with E-state index in [9.17, 15) is 0 Å². The Hall–Kier alpha value is -1.34. The molecule has 0 saturated heterocycles. The molecule has 0 bridgehead atoms. The normalized spacial score (nSPS) is 10.8. The van der Waals surface area contributed by atoms with Crippen molar-refractivity contribution in [3.63, 3.8) is 0 Å². The third-order valence-electron chi connectivity index (χ3n) is 3.35. The molecule has 0 fully saturated rings. The molecular formula is C16H13BrIN3. The second-order valence-electron chi connectivity index (χ2n) is 4.72. The van der Waals surface area contributed by atoms with Gasteiger partial charge in [-0.05, 0) is 40.8 Å². The number of aromatic nitrogens is 2. The molecule has 21 heavy (non-hydrogen) atoms. The van der Waals surface area contributed by atoms with Crippen LogP contribution in [-0.4, -0.2) is 9.78 Å². The van der Waals surface area contributed by atoms with E-state index in [1.165, 1.54) is 3.57 Å². The fourth-order valence-corrected chi connectivity index (χ4v) is 3.12. The Morgan fingerprint density at radius 3 is 2.43 bits per heavy atom. The molecule has 0 saturated carbocycles. The number of nitrogens with zero attached hydrogens (tertiary/aromatic N) is 2. The summed E-state index contributed by atoms with van der Waals surface area (Å²) < 4.78 is 3.93. The first-order valence-corrected chi connectivity index (χ1v) is 8.28. The molecule has 2 N–H and O–H groups in total. The standard InChI is InChI=1S/C16H13BrIN3/c1-21-16(19)14(12-4-2-3-5-13(12)17)15(20-21)10-6-8-11(18)9-7-10/h2-9H,19H2,1H3. The number of hydrogen-bond acceptors (Lipinski definition) is 2. The van der Waals surface area contributed by atoms with Crippen LogP contribution in [-0.2, 0) is 7.05 Å². The molecule has 0 amide bonds. The van der Waals surface area contributed by atoms with Gasteiger partial charge in [-0.3, -0.25) is 4.68 Å². The van der Waals surface area contributed by atoms with Crippen LogP contribution in [0.4, 0.5) is 5.82 Å². The summed E-state index contributed by atoms with van der Waals surface area (Å²) in [5.74, 6) is 0.662. The molecule has 1 aromatic heterocycles. The van der Waals surface area contributed by atoms with E-state index in [-0.39, 0.29) is 0 Å². The van der Waals surface area contributed by atoms with Crippen molar-refractivity contribution < 1.29 is 0 Å².